The molecule has 0 saturated carbocycles. The normalized spacial score (nSPS) is 18.7. The number of nitrogens with zero attached hydrogens (tertiary/aromatic N) is 4. The number of piperidine rings is 1. The minimum absolute atomic E-state index is 0.0874. The average molecular weight is 426 g/mol. The number of para-hydroxylation sites is 2. The van der Waals surface area contributed by atoms with Gasteiger partial charge in [0.1, 0.15) is 5.39 Å². The van der Waals surface area contributed by atoms with Crippen molar-refractivity contribution in [1.82, 2.24) is 19.7 Å². The van der Waals surface area contributed by atoms with Gasteiger partial charge in [-0.05, 0) is 42.5 Å². The number of amides is 1. The molecule has 2 N–H and O–H groups in total. The Balaban J connectivity index is 1.27. The summed E-state index contributed by atoms with van der Waals surface area (Å²) in [7, 11) is 0. The molecule has 8 nitrogen and oxygen atoms in total. The first-order chi connectivity index (χ1) is 15.7. The molecule has 2 aliphatic rings. The molecule has 2 aromatic carbocycles. The Labute approximate surface area is 183 Å². The largest absolute Gasteiger partial charge is 0.342 e. The van der Waals surface area contributed by atoms with Crippen LogP contribution in [0.15, 0.2) is 65.6 Å². The van der Waals surface area contributed by atoms with Crippen LogP contribution in [-0.4, -0.2) is 38.7 Å². The molecule has 160 valence electrons. The first-order valence-corrected chi connectivity index (χ1v) is 10.9. The number of carbonyl (C=O) groups is 1. The van der Waals surface area contributed by atoms with Crippen LogP contribution >= 0.6 is 0 Å². The summed E-state index contributed by atoms with van der Waals surface area (Å²) in [5, 5.41) is 7.85. The van der Waals surface area contributed by atoms with Crippen LogP contribution in [0.5, 0.6) is 0 Å². The molecular weight excluding hydrogens is 404 g/mol. The third kappa shape index (κ3) is 2.98. The molecule has 0 bridgehead atoms. The summed E-state index contributed by atoms with van der Waals surface area (Å²) in [4.78, 5) is 35.1. The lowest BCUT2D eigenvalue weighted by Gasteiger charge is -2.34. The fourth-order valence-electron chi connectivity index (χ4n) is 4.96. The second kappa shape index (κ2) is 7.33. The molecule has 8 heteroatoms. The maximum Gasteiger partial charge on any atom is 0.263 e. The van der Waals surface area contributed by atoms with E-state index < -0.39 is 0 Å². The molecule has 0 radical (unpaired) electrons. The van der Waals surface area contributed by atoms with E-state index in [2.05, 4.69) is 20.3 Å². The van der Waals surface area contributed by atoms with Gasteiger partial charge in [0.15, 0.2) is 5.65 Å². The summed E-state index contributed by atoms with van der Waals surface area (Å²) in [6, 6.07) is 17.6. The van der Waals surface area contributed by atoms with Gasteiger partial charge < -0.3 is 10.2 Å². The number of H-pyrrole nitrogens is 1. The Kier molecular flexibility index (Phi) is 4.31. The zero-order valence-corrected chi connectivity index (χ0v) is 17.4. The average Bonchev–Trinajstić information content (AvgIpc) is 3.40. The molecule has 1 saturated heterocycles. The predicted molar refractivity (Wildman–Crippen MR) is 122 cm³/mol. The second-order valence-corrected chi connectivity index (χ2v) is 8.40. The number of nitrogens with one attached hydrogen (secondary N) is 2. The summed E-state index contributed by atoms with van der Waals surface area (Å²) < 4.78 is 1.70. The minimum Gasteiger partial charge on any atom is -0.342 e. The van der Waals surface area contributed by atoms with Crippen LogP contribution in [0.1, 0.15) is 24.3 Å². The Morgan fingerprint density at radius 3 is 2.50 bits per heavy atom. The second-order valence-electron chi connectivity index (χ2n) is 8.40. The number of aromatic nitrogens is 4. The number of hydrogen-bond acceptors (Lipinski definition) is 5. The van der Waals surface area contributed by atoms with Gasteiger partial charge in [-0.15, -0.1) is 0 Å². The molecule has 2 aliphatic heterocycles. The number of carbonyl (C=O) groups excluding carboxylic acids is 1. The van der Waals surface area contributed by atoms with Crippen molar-refractivity contribution in [2.75, 3.05) is 23.3 Å². The summed E-state index contributed by atoms with van der Waals surface area (Å²) in [5.74, 6) is 0.793. The highest BCUT2D eigenvalue weighted by molar-refractivity contribution is 6.03. The standard InChI is InChI=1S/C24H22N6O2/c31-22-18-14-25-30(16-6-2-1-3-7-16)21(18)27-24(28-22)29-12-10-15(11-13-29)20-17-8-4-5-9-19(17)26-23(20)32/h1-9,14-15,20H,10-13H2,(H,26,32)(H,27,28,31). The van der Waals surface area contributed by atoms with Gasteiger partial charge in [-0.25, -0.2) is 4.68 Å². The monoisotopic (exact) mass is 426 g/mol. The minimum atomic E-state index is -0.196. The van der Waals surface area contributed by atoms with Crippen LogP contribution in [0, 0.1) is 5.92 Å². The molecule has 1 atom stereocenters. The van der Waals surface area contributed by atoms with Crippen LogP contribution in [-0.2, 0) is 4.79 Å². The molecule has 4 aromatic rings. The summed E-state index contributed by atoms with van der Waals surface area (Å²) in [6.45, 7) is 1.45. The summed E-state index contributed by atoms with van der Waals surface area (Å²) in [5.41, 5.74) is 3.22. The van der Waals surface area contributed by atoms with Gasteiger partial charge in [0.2, 0.25) is 11.9 Å². The van der Waals surface area contributed by atoms with E-state index in [-0.39, 0.29) is 23.3 Å². The van der Waals surface area contributed by atoms with Gasteiger partial charge in [0.05, 0.1) is 17.8 Å². The van der Waals surface area contributed by atoms with Crippen LogP contribution in [0.25, 0.3) is 16.7 Å². The lowest BCUT2D eigenvalue weighted by Crippen LogP contribution is -2.38. The summed E-state index contributed by atoms with van der Waals surface area (Å²) >= 11 is 0. The van der Waals surface area contributed by atoms with E-state index in [4.69, 9.17) is 4.98 Å². The third-order valence-electron chi connectivity index (χ3n) is 6.57. The fourth-order valence-corrected chi connectivity index (χ4v) is 4.96. The van der Waals surface area contributed by atoms with E-state index >= 15 is 0 Å². The zero-order chi connectivity index (χ0) is 21.7. The van der Waals surface area contributed by atoms with Crippen LogP contribution < -0.4 is 15.8 Å². The van der Waals surface area contributed by atoms with Crippen molar-refractivity contribution in [1.29, 1.82) is 0 Å². The van der Waals surface area contributed by atoms with Crippen molar-refractivity contribution >= 4 is 28.6 Å². The maximum atomic E-state index is 12.7. The lowest BCUT2D eigenvalue weighted by molar-refractivity contribution is -0.118. The van der Waals surface area contributed by atoms with E-state index in [1.165, 1.54) is 0 Å². The van der Waals surface area contributed by atoms with Crippen molar-refractivity contribution in [2.24, 2.45) is 5.92 Å². The number of benzene rings is 2. The highest BCUT2D eigenvalue weighted by atomic mass is 16.2. The van der Waals surface area contributed by atoms with E-state index in [9.17, 15) is 9.59 Å². The smallest absolute Gasteiger partial charge is 0.263 e. The number of rotatable bonds is 3. The van der Waals surface area contributed by atoms with E-state index in [0.29, 0.717) is 17.0 Å². The van der Waals surface area contributed by atoms with Crippen molar-refractivity contribution in [3.63, 3.8) is 0 Å². The molecule has 0 aliphatic carbocycles. The molecule has 2 aromatic heterocycles. The molecule has 1 fully saturated rings. The number of anilines is 2. The topological polar surface area (TPSA) is 95.9 Å². The molecule has 1 amide bonds. The number of hydrogen-bond donors (Lipinski definition) is 2. The molecule has 0 spiro atoms. The SMILES string of the molecule is O=C1Nc2ccccc2C1C1CCN(c2nc3c(cnn3-c3ccccc3)c(=O)[nH]2)CC1. The van der Waals surface area contributed by atoms with Gasteiger partial charge in [0.25, 0.3) is 5.56 Å². The van der Waals surface area contributed by atoms with E-state index in [1.54, 1.807) is 10.9 Å². The van der Waals surface area contributed by atoms with Crippen LogP contribution in [0.3, 0.4) is 0 Å². The quantitative estimate of drug-likeness (QED) is 0.525. The van der Waals surface area contributed by atoms with E-state index in [1.807, 2.05) is 54.6 Å². The van der Waals surface area contributed by atoms with Crippen LogP contribution in [0.2, 0.25) is 0 Å². The van der Waals surface area contributed by atoms with Crippen molar-refractivity contribution < 1.29 is 4.79 Å². The van der Waals surface area contributed by atoms with Crippen molar-refractivity contribution in [2.45, 2.75) is 18.8 Å². The van der Waals surface area contributed by atoms with Gasteiger partial charge in [-0.1, -0.05) is 36.4 Å². The third-order valence-corrected chi connectivity index (χ3v) is 6.57. The molecule has 4 heterocycles. The Bertz CT molecular complexity index is 1370. The highest BCUT2D eigenvalue weighted by Crippen LogP contribution is 2.41. The highest BCUT2D eigenvalue weighted by Gasteiger charge is 2.38. The van der Waals surface area contributed by atoms with Gasteiger partial charge in [-0.2, -0.15) is 10.1 Å². The maximum absolute atomic E-state index is 12.7. The van der Waals surface area contributed by atoms with Crippen LogP contribution in [0.4, 0.5) is 11.6 Å². The first-order valence-electron chi connectivity index (χ1n) is 10.9. The molecule has 6 rings (SSSR count). The Morgan fingerprint density at radius 2 is 1.69 bits per heavy atom. The predicted octanol–water partition coefficient (Wildman–Crippen LogP) is 3.06. The molecular formula is C24H22N6O2. The lowest BCUT2D eigenvalue weighted by atomic mass is 9.81. The van der Waals surface area contributed by atoms with Gasteiger partial charge in [0, 0.05) is 18.8 Å². The number of fused-ring (bicyclic) bond motifs is 2. The van der Waals surface area contributed by atoms with E-state index in [0.717, 1.165) is 42.9 Å². The van der Waals surface area contributed by atoms with Gasteiger partial charge >= 0.3 is 0 Å². The van der Waals surface area contributed by atoms with Gasteiger partial charge in [-0.3, -0.25) is 14.6 Å². The molecule has 32 heavy (non-hydrogen) atoms. The van der Waals surface area contributed by atoms with Crippen molar-refractivity contribution in [3.05, 3.63) is 76.7 Å². The Hall–Kier alpha value is -3.94. The Morgan fingerprint density at radius 1 is 0.938 bits per heavy atom. The van der Waals surface area contributed by atoms with Crippen molar-refractivity contribution in [3.8, 4) is 5.69 Å². The number of aromatic amines is 1. The zero-order valence-electron chi connectivity index (χ0n) is 17.4. The first kappa shape index (κ1) is 18.8. The summed E-state index contributed by atoms with van der Waals surface area (Å²) in [6.07, 6.45) is 3.26. The molecule has 1 unspecified atom stereocenters. The fraction of sp³-hybridized carbons (Fsp3) is 0.250.